The number of aromatic nitrogens is 4. The van der Waals surface area contributed by atoms with Crippen molar-refractivity contribution in [1.82, 2.24) is 20.3 Å². The van der Waals surface area contributed by atoms with Crippen LogP contribution in [0.4, 0.5) is 0 Å². The molecule has 3 aromatic rings. The summed E-state index contributed by atoms with van der Waals surface area (Å²) in [5.41, 5.74) is 6.82. The van der Waals surface area contributed by atoms with Gasteiger partial charge in [0.15, 0.2) is 5.82 Å². The Bertz CT molecular complexity index is 879. The lowest BCUT2D eigenvalue weighted by Crippen LogP contribution is -2.12. The molecule has 24 heavy (non-hydrogen) atoms. The summed E-state index contributed by atoms with van der Waals surface area (Å²) in [5, 5.41) is 11.4. The molecule has 0 amide bonds. The van der Waals surface area contributed by atoms with Crippen LogP contribution in [0.3, 0.4) is 0 Å². The third-order valence-electron chi connectivity index (χ3n) is 5.38. The van der Waals surface area contributed by atoms with Gasteiger partial charge in [0.1, 0.15) is 0 Å². The van der Waals surface area contributed by atoms with Crippen molar-refractivity contribution in [2.24, 2.45) is 0 Å². The molecule has 0 aliphatic heterocycles. The zero-order chi connectivity index (χ0) is 15.9. The van der Waals surface area contributed by atoms with E-state index >= 15 is 0 Å². The molecule has 1 unspecified atom stereocenters. The second-order valence-electron chi connectivity index (χ2n) is 7.00. The average molecular weight is 320 g/mol. The Morgan fingerprint density at radius 1 is 1.12 bits per heavy atom. The Hall–Kier alpha value is -2.43. The number of nitrogens with zero attached hydrogens (tertiary/aromatic N) is 3. The van der Waals surface area contributed by atoms with Gasteiger partial charge in [-0.25, -0.2) is 0 Å². The van der Waals surface area contributed by atoms with Crippen LogP contribution in [0, 0.1) is 0 Å². The number of H-pyrrole nitrogens is 1. The van der Waals surface area contributed by atoms with Crippen LogP contribution in [0.15, 0.2) is 28.9 Å². The molecule has 5 heteroatoms. The normalized spacial score (nSPS) is 19.2. The van der Waals surface area contributed by atoms with Crippen LogP contribution in [0.1, 0.15) is 58.4 Å². The summed E-state index contributed by atoms with van der Waals surface area (Å²) in [6.45, 7) is 0. The first-order valence-corrected chi connectivity index (χ1v) is 8.79. The van der Waals surface area contributed by atoms with Gasteiger partial charge >= 0.3 is 0 Å². The predicted molar refractivity (Wildman–Crippen MR) is 88.9 cm³/mol. The van der Waals surface area contributed by atoms with E-state index in [4.69, 9.17) is 4.52 Å². The summed E-state index contributed by atoms with van der Waals surface area (Å²) < 4.78 is 5.57. The maximum Gasteiger partial charge on any atom is 0.230 e. The number of aryl methyl sites for hydroxylation is 3. The van der Waals surface area contributed by atoms with Crippen molar-refractivity contribution in [2.75, 3.05) is 0 Å². The van der Waals surface area contributed by atoms with Crippen molar-refractivity contribution < 1.29 is 4.52 Å². The molecular formula is C19H20N4O. The molecule has 2 heterocycles. The van der Waals surface area contributed by atoms with Gasteiger partial charge in [0.25, 0.3) is 0 Å². The molecular weight excluding hydrogens is 300 g/mol. The number of hydrogen-bond donors (Lipinski definition) is 1. The van der Waals surface area contributed by atoms with Crippen molar-refractivity contribution in [3.05, 3.63) is 64.1 Å². The lowest BCUT2D eigenvalue weighted by atomic mass is 9.88. The van der Waals surface area contributed by atoms with E-state index in [0.29, 0.717) is 5.92 Å². The highest BCUT2D eigenvalue weighted by Crippen LogP contribution is 2.31. The molecule has 0 radical (unpaired) electrons. The highest BCUT2D eigenvalue weighted by atomic mass is 16.5. The molecule has 0 bridgehead atoms. The Morgan fingerprint density at radius 2 is 2.08 bits per heavy atom. The zero-order valence-corrected chi connectivity index (χ0v) is 13.6. The first-order valence-electron chi connectivity index (χ1n) is 8.79. The molecule has 2 aliphatic carbocycles. The van der Waals surface area contributed by atoms with E-state index < -0.39 is 0 Å². The minimum Gasteiger partial charge on any atom is -0.339 e. The number of nitrogens with one attached hydrogen (secondary N) is 1. The topological polar surface area (TPSA) is 67.6 Å². The Balaban J connectivity index is 1.33. The van der Waals surface area contributed by atoms with Crippen molar-refractivity contribution >= 4 is 0 Å². The van der Waals surface area contributed by atoms with Gasteiger partial charge in [-0.3, -0.25) is 5.10 Å². The molecule has 0 fully saturated rings. The van der Waals surface area contributed by atoms with Crippen LogP contribution in [0.2, 0.25) is 0 Å². The van der Waals surface area contributed by atoms with Gasteiger partial charge in [-0.15, -0.1) is 0 Å². The summed E-state index contributed by atoms with van der Waals surface area (Å²) in [6.07, 6.45) is 9.37. The highest BCUT2D eigenvalue weighted by molar-refractivity contribution is 5.36. The molecule has 1 N–H and O–H groups in total. The molecule has 0 spiro atoms. The summed E-state index contributed by atoms with van der Waals surface area (Å²) in [4.78, 5) is 4.67. The molecule has 5 nitrogen and oxygen atoms in total. The lowest BCUT2D eigenvalue weighted by molar-refractivity contribution is 0.337. The highest BCUT2D eigenvalue weighted by Gasteiger charge is 2.26. The van der Waals surface area contributed by atoms with E-state index in [0.717, 1.165) is 37.4 Å². The number of aromatic amines is 1. The second-order valence-corrected chi connectivity index (χ2v) is 7.00. The zero-order valence-electron chi connectivity index (χ0n) is 13.6. The van der Waals surface area contributed by atoms with Crippen LogP contribution in [0.5, 0.6) is 0 Å². The Labute approximate surface area is 140 Å². The molecule has 2 aromatic heterocycles. The number of hydrogen-bond acceptors (Lipinski definition) is 4. The van der Waals surface area contributed by atoms with Crippen LogP contribution in [-0.4, -0.2) is 20.3 Å². The van der Waals surface area contributed by atoms with E-state index in [1.165, 1.54) is 47.2 Å². The van der Waals surface area contributed by atoms with E-state index in [9.17, 15) is 0 Å². The standard InChI is InChI=1S/C19H20N4O/c1-2-13-5-4-12(8-14(13)3-1)9-18-21-19(24-23-18)15-6-7-16-11-20-22-17(16)10-15/h4-5,8,11,15H,1-3,6-7,9-10H2,(H,20,22). The van der Waals surface area contributed by atoms with Gasteiger partial charge in [-0.05, 0) is 54.4 Å². The molecule has 1 aromatic carbocycles. The van der Waals surface area contributed by atoms with Gasteiger partial charge in [-0.1, -0.05) is 23.4 Å². The van der Waals surface area contributed by atoms with E-state index in [1.807, 2.05) is 6.20 Å². The lowest BCUT2D eigenvalue weighted by Gasteiger charge is -2.17. The monoisotopic (exact) mass is 320 g/mol. The van der Waals surface area contributed by atoms with Crippen LogP contribution in [-0.2, 0) is 32.1 Å². The minimum absolute atomic E-state index is 0.305. The fourth-order valence-corrected chi connectivity index (χ4v) is 4.04. The number of fused-ring (bicyclic) bond motifs is 2. The maximum absolute atomic E-state index is 5.57. The maximum atomic E-state index is 5.57. The SMILES string of the molecule is c1cc2c(cc1Cc1noc(C3CCc4cn[nH]c4C3)n1)CCC2. The summed E-state index contributed by atoms with van der Waals surface area (Å²) in [5.74, 6) is 1.86. The van der Waals surface area contributed by atoms with Crippen LogP contribution < -0.4 is 0 Å². The van der Waals surface area contributed by atoms with Crippen molar-refractivity contribution in [3.63, 3.8) is 0 Å². The van der Waals surface area contributed by atoms with E-state index in [2.05, 4.69) is 38.5 Å². The first kappa shape index (κ1) is 14.0. The third-order valence-corrected chi connectivity index (χ3v) is 5.38. The number of rotatable bonds is 3. The van der Waals surface area contributed by atoms with Crippen molar-refractivity contribution in [1.29, 1.82) is 0 Å². The molecule has 0 saturated heterocycles. The molecule has 122 valence electrons. The van der Waals surface area contributed by atoms with Gasteiger partial charge < -0.3 is 4.52 Å². The summed E-state index contributed by atoms with van der Waals surface area (Å²) in [7, 11) is 0. The fourth-order valence-electron chi connectivity index (χ4n) is 4.04. The van der Waals surface area contributed by atoms with Crippen LogP contribution in [0.25, 0.3) is 0 Å². The quantitative estimate of drug-likeness (QED) is 0.805. The Kier molecular flexibility index (Phi) is 3.25. The summed E-state index contributed by atoms with van der Waals surface area (Å²) >= 11 is 0. The predicted octanol–water partition coefficient (Wildman–Crippen LogP) is 3.14. The van der Waals surface area contributed by atoms with E-state index in [1.54, 1.807) is 0 Å². The molecule has 0 saturated carbocycles. The van der Waals surface area contributed by atoms with Crippen LogP contribution >= 0.6 is 0 Å². The first-order chi connectivity index (χ1) is 11.8. The number of benzene rings is 1. The van der Waals surface area contributed by atoms with Gasteiger partial charge in [0.05, 0.1) is 6.20 Å². The Morgan fingerprint density at radius 3 is 3.08 bits per heavy atom. The van der Waals surface area contributed by atoms with Crippen molar-refractivity contribution in [2.45, 2.75) is 50.9 Å². The van der Waals surface area contributed by atoms with Gasteiger partial charge in [-0.2, -0.15) is 10.1 Å². The second kappa shape index (κ2) is 5.58. The average Bonchev–Trinajstić information content (AvgIpc) is 3.34. The van der Waals surface area contributed by atoms with E-state index in [-0.39, 0.29) is 0 Å². The molecule has 1 atom stereocenters. The van der Waals surface area contributed by atoms with Crippen molar-refractivity contribution in [3.8, 4) is 0 Å². The fraction of sp³-hybridized carbons (Fsp3) is 0.421. The largest absolute Gasteiger partial charge is 0.339 e. The molecule has 2 aliphatic rings. The smallest absolute Gasteiger partial charge is 0.230 e. The third kappa shape index (κ3) is 2.44. The minimum atomic E-state index is 0.305. The summed E-state index contributed by atoms with van der Waals surface area (Å²) in [6, 6.07) is 6.78. The van der Waals surface area contributed by atoms with Gasteiger partial charge in [0.2, 0.25) is 5.89 Å². The van der Waals surface area contributed by atoms with Gasteiger partial charge in [0, 0.05) is 24.5 Å². The molecule has 5 rings (SSSR count).